The largest absolute Gasteiger partial charge is 0.493 e. The van der Waals surface area contributed by atoms with Gasteiger partial charge >= 0.3 is 0 Å². The standard InChI is InChI=1S/C27H28N2O3/c1-5-29(6-2)21-14-12-20(13-15-21)28-23-18-26(32-24-10-8-7-9-22(23)24)19-11-16-25(30-3)27(17-19)31-4/h7-18H,5-6H2,1-4H3. The summed E-state index contributed by atoms with van der Waals surface area (Å²) in [5.74, 6) is 2.04. The zero-order valence-electron chi connectivity index (χ0n) is 19.0. The van der Waals surface area contributed by atoms with E-state index in [1.807, 2.05) is 48.5 Å². The Labute approximate surface area is 188 Å². The Morgan fingerprint density at radius 1 is 0.812 bits per heavy atom. The first-order chi connectivity index (χ1) is 15.7. The molecule has 0 amide bonds. The highest BCUT2D eigenvalue weighted by Crippen LogP contribution is 2.33. The van der Waals surface area contributed by atoms with Gasteiger partial charge in [0.25, 0.3) is 0 Å². The molecule has 4 rings (SSSR count). The summed E-state index contributed by atoms with van der Waals surface area (Å²) < 4.78 is 17.0. The van der Waals surface area contributed by atoms with E-state index in [2.05, 4.69) is 43.0 Å². The van der Waals surface area contributed by atoms with Gasteiger partial charge in [0.05, 0.1) is 25.3 Å². The van der Waals surface area contributed by atoms with Crippen LogP contribution >= 0.6 is 0 Å². The lowest BCUT2D eigenvalue weighted by Crippen LogP contribution is -2.21. The minimum atomic E-state index is 0.652. The molecular weight excluding hydrogens is 400 g/mol. The fourth-order valence-corrected chi connectivity index (χ4v) is 3.81. The van der Waals surface area contributed by atoms with Crippen LogP contribution in [0.2, 0.25) is 0 Å². The number of para-hydroxylation sites is 1. The Kier molecular flexibility index (Phi) is 6.45. The van der Waals surface area contributed by atoms with Crippen molar-refractivity contribution in [1.82, 2.24) is 0 Å². The van der Waals surface area contributed by atoms with Gasteiger partial charge in [-0.3, -0.25) is 0 Å². The van der Waals surface area contributed by atoms with Crippen LogP contribution in [0, 0.1) is 0 Å². The van der Waals surface area contributed by atoms with Crippen molar-refractivity contribution in [2.75, 3.05) is 32.2 Å². The van der Waals surface area contributed by atoms with Gasteiger partial charge in [0, 0.05) is 35.8 Å². The number of nitrogens with zero attached hydrogens (tertiary/aromatic N) is 2. The summed E-state index contributed by atoms with van der Waals surface area (Å²) in [6.07, 6.45) is 0. The monoisotopic (exact) mass is 428 g/mol. The molecular formula is C27H28N2O3. The second kappa shape index (κ2) is 9.60. The van der Waals surface area contributed by atoms with Crippen LogP contribution in [-0.2, 0) is 0 Å². The fourth-order valence-electron chi connectivity index (χ4n) is 3.81. The van der Waals surface area contributed by atoms with Crippen LogP contribution < -0.4 is 19.7 Å². The third kappa shape index (κ3) is 4.33. The average molecular weight is 429 g/mol. The molecule has 0 atom stereocenters. The van der Waals surface area contributed by atoms with E-state index < -0.39 is 0 Å². The van der Waals surface area contributed by atoms with Gasteiger partial charge in [0.2, 0.25) is 0 Å². The second-order valence-corrected chi connectivity index (χ2v) is 7.36. The minimum absolute atomic E-state index is 0.652. The number of benzene rings is 3. The highest BCUT2D eigenvalue weighted by Gasteiger charge is 2.10. The number of ether oxygens (including phenoxy) is 2. The Morgan fingerprint density at radius 2 is 1.53 bits per heavy atom. The quantitative estimate of drug-likeness (QED) is 0.352. The number of anilines is 1. The van der Waals surface area contributed by atoms with Gasteiger partial charge in [-0.15, -0.1) is 0 Å². The van der Waals surface area contributed by atoms with Gasteiger partial charge in [-0.2, -0.15) is 0 Å². The minimum Gasteiger partial charge on any atom is -0.493 e. The molecule has 164 valence electrons. The molecule has 0 saturated heterocycles. The van der Waals surface area contributed by atoms with E-state index in [0.717, 1.165) is 40.7 Å². The number of rotatable bonds is 7. The zero-order valence-corrected chi connectivity index (χ0v) is 19.0. The SMILES string of the molecule is CCN(CC)c1ccc(N=c2cc(-c3ccc(OC)c(OC)c3)oc3ccccc23)cc1. The van der Waals surface area contributed by atoms with Gasteiger partial charge in [0.15, 0.2) is 11.5 Å². The van der Waals surface area contributed by atoms with Gasteiger partial charge in [-0.05, 0) is 68.4 Å². The van der Waals surface area contributed by atoms with Crippen LogP contribution in [0.4, 0.5) is 11.4 Å². The van der Waals surface area contributed by atoms with E-state index in [4.69, 9.17) is 18.9 Å². The number of methoxy groups -OCH3 is 2. The Hall–Kier alpha value is -3.73. The lowest BCUT2D eigenvalue weighted by molar-refractivity contribution is 0.355. The molecule has 0 aliphatic heterocycles. The summed E-state index contributed by atoms with van der Waals surface area (Å²) in [4.78, 5) is 7.26. The highest BCUT2D eigenvalue weighted by atomic mass is 16.5. The molecule has 0 unspecified atom stereocenters. The molecule has 0 fully saturated rings. The molecule has 5 heteroatoms. The first kappa shape index (κ1) is 21.5. The maximum Gasteiger partial charge on any atom is 0.161 e. The van der Waals surface area contributed by atoms with E-state index in [0.29, 0.717) is 17.3 Å². The summed E-state index contributed by atoms with van der Waals surface area (Å²) in [7, 11) is 3.25. The molecule has 4 aromatic rings. The van der Waals surface area contributed by atoms with Crippen molar-refractivity contribution in [3.05, 3.63) is 78.2 Å². The summed E-state index contributed by atoms with van der Waals surface area (Å²) >= 11 is 0. The molecule has 3 aromatic carbocycles. The summed E-state index contributed by atoms with van der Waals surface area (Å²) in [5.41, 5.74) is 3.77. The van der Waals surface area contributed by atoms with Crippen molar-refractivity contribution in [3.8, 4) is 22.8 Å². The van der Waals surface area contributed by atoms with Crippen LogP contribution in [0.15, 0.2) is 82.2 Å². The number of fused-ring (bicyclic) bond motifs is 1. The molecule has 5 nitrogen and oxygen atoms in total. The van der Waals surface area contributed by atoms with Crippen molar-refractivity contribution in [2.24, 2.45) is 4.99 Å². The normalized spacial score (nSPS) is 11.6. The van der Waals surface area contributed by atoms with Crippen molar-refractivity contribution in [3.63, 3.8) is 0 Å². The van der Waals surface area contributed by atoms with Crippen LogP contribution in [0.5, 0.6) is 11.5 Å². The molecule has 0 bridgehead atoms. The van der Waals surface area contributed by atoms with E-state index in [-0.39, 0.29) is 0 Å². The number of hydrogen-bond acceptors (Lipinski definition) is 5. The Balaban J connectivity index is 1.83. The van der Waals surface area contributed by atoms with Crippen molar-refractivity contribution >= 4 is 22.3 Å². The summed E-state index contributed by atoms with van der Waals surface area (Å²) in [5, 5.41) is 1.82. The molecule has 1 heterocycles. The highest BCUT2D eigenvalue weighted by molar-refractivity contribution is 5.79. The number of hydrogen-bond donors (Lipinski definition) is 0. The summed E-state index contributed by atoms with van der Waals surface area (Å²) in [6.45, 7) is 6.28. The van der Waals surface area contributed by atoms with E-state index in [1.165, 1.54) is 5.69 Å². The molecule has 0 saturated carbocycles. The Morgan fingerprint density at radius 3 is 2.22 bits per heavy atom. The topological polar surface area (TPSA) is 47.2 Å². The lowest BCUT2D eigenvalue weighted by atomic mass is 10.1. The molecule has 0 aliphatic carbocycles. The Bertz CT molecular complexity index is 1270. The van der Waals surface area contributed by atoms with Gasteiger partial charge in [-0.25, -0.2) is 4.99 Å². The van der Waals surface area contributed by atoms with Crippen LogP contribution in [0.3, 0.4) is 0 Å². The average Bonchev–Trinajstić information content (AvgIpc) is 2.85. The molecule has 32 heavy (non-hydrogen) atoms. The van der Waals surface area contributed by atoms with E-state index in [1.54, 1.807) is 14.2 Å². The van der Waals surface area contributed by atoms with Gasteiger partial charge in [-0.1, -0.05) is 12.1 Å². The first-order valence-corrected chi connectivity index (χ1v) is 10.8. The molecule has 0 radical (unpaired) electrons. The maximum absolute atomic E-state index is 6.22. The zero-order chi connectivity index (χ0) is 22.5. The van der Waals surface area contributed by atoms with Crippen LogP contribution in [0.25, 0.3) is 22.3 Å². The van der Waals surface area contributed by atoms with Crippen molar-refractivity contribution in [2.45, 2.75) is 13.8 Å². The van der Waals surface area contributed by atoms with Crippen molar-refractivity contribution < 1.29 is 13.9 Å². The molecule has 0 spiro atoms. The van der Waals surface area contributed by atoms with E-state index in [9.17, 15) is 0 Å². The maximum atomic E-state index is 6.22. The third-order valence-corrected chi connectivity index (χ3v) is 5.55. The van der Waals surface area contributed by atoms with Gasteiger partial charge < -0.3 is 18.8 Å². The van der Waals surface area contributed by atoms with Crippen molar-refractivity contribution in [1.29, 1.82) is 0 Å². The first-order valence-electron chi connectivity index (χ1n) is 10.8. The van der Waals surface area contributed by atoms with Crippen LogP contribution in [0.1, 0.15) is 13.8 Å². The molecule has 0 N–H and O–H groups in total. The van der Waals surface area contributed by atoms with Gasteiger partial charge in [0.1, 0.15) is 11.3 Å². The van der Waals surface area contributed by atoms with Crippen LogP contribution in [-0.4, -0.2) is 27.3 Å². The molecule has 0 aliphatic rings. The summed E-state index contributed by atoms with van der Waals surface area (Å²) in [6, 6.07) is 24.0. The lowest BCUT2D eigenvalue weighted by Gasteiger charge is -2.20. The molecule has 1 aromatic heterocycles. The predicted molar refractivity (Wildman–Crippen MR) is 130 cm³/mol. The third-order valence-electron chi connectivity index (χ3n) is 5.55. The second-order valence-electron chi connectivity index (χ2n) is 7.36. The smallest absolute Gasteiger partial charge is 0.161 e. The predicted octanol–water partition coefficient (Wildman–Crippen LogP) is 6.20. The van der Waals surface area contributed by atoms with E-state index >= 15 is 0 Å². The fraction of sp³-hybridized carbons (Fsp3) is 0.222.